The van der Waals surface area contributed by atoms with E-state index in [1.165, 1.54) is 0 Å². The van der Waals surface area contributed by atoms with E-state index >= 15 is 0 Å². The van der Waals surface area contributed by atoms with Gasteiger partial charge in [-0.05, 0) is 30.5 Å². The molecule has 1 heterocycles. The van der Waals surface area contributed by atoms with Gasteiger partial charge >= 0.3 is 0 Å². The van der Waals surface area contributed by atoms with Crippen LogP contribution in [0.5, 0.6) is 0 Å². The highest BCUT2D eigenvalue weighted by Gasteiger charge is 2.18. The smallest absolute Gasteiger partial charge is 0.252 e. The second kappa shape index (κ2) is 9.15. The molecule has 0 radical (unpaired) electrons. The van der Waals surface area contributed by atoms with Crippen LogP contribution >= 0.6 is 0 Å². The third-order valence-electron chi connectivity index (χ3n) is 4.79. The summed E-state index contributed by atoms with van der Waals surface area (Å²) in [6.07, 6.45) is 0.717. The standard InChI is InChI=1S/C22H25N3O3S/c1-3-19-16(2)21(18-11-7-8-12-20(18)25-19)22(26)23-13-14-29(27,28)24-15-17-9-5-4-6-10-17/h4-12,24H,3,13-15H2,1-2H3,(H,23,26). The predicted octanol–water partition coefficient (Wildman–Crippen LogP) is 2.96. The van der Waals surface area contributed by atoms with E-state index in [2.05, 4.69) is 15.0 Å². The van der Waals surface area contributed by atoms with E-state index < -0.39 is 10.0 Å². The fraction of sp³-hybridized carbons (Fsp3) is 0.273. The molecule has 2 N–H and O–H groups in total. The Labute approximate surface area is 171 Å². The molecule has 0 atom stereocenters. The maximum absolute atomic E-state index is 12.9. The second-order valence-electron chi connectivity index (χ2n) is 6.81. The first-order valence-electron chi connectivity index (χ1n) is 9.59. The van der Waals surface area contributed by atoms with Gasteiger partial charge in [0.15, 0.2) is 0 Å². The molecule has 0 saturated carbocycles. The number of rotatable bonds is 8. The quantitative estimate of drug-likeness (QED) is 0.597. The molecule has 3 rings (SSSR count). The molecule has 0 unspecified atom stereocenters. The zero-order valence-electron chi connectivity index (χ0n) is 16.6. The van der Waals surface area contributed by atoms with Gasteiger partial charge < -0.3 is 5.32 Å². The van der Waals surface area contributed by atoms with E-state index in [0.29, 0.717) is 12.0 Å². The highest BCUT2D eigenvalue weighted by atomic mass is 32.2. The summed E-state index contributed by atoms with van der Waals surface area (Å²) >= 11 is 0. The first kappa shape index (κ1) is 21.0. The zero-order chi connectivity index (χ0) is 20.9. The van der Waals surface area contributed by atoms with Crippen LogP contribution in [0, 0.1) is 6.92 Å². The van der Waals surface area contributed by atoms with E-state index in [1.807, 2.05) is 68.4 Å². The monoisotopic (exact) mass is 411 g/mol. The number of nitrogens with zero attached hydrogens (tertiary/aromatic N) is 1. The van der Waals surface area contributed by atoms with Gasteiger partial charge in [-0.3, -0.25) is 9.78 Å². The van der Waals surface area contributed by atoms with Crippen molar-refractivity contribution >= 4 is 26.8 Å². The number of hydrogen-bond acceptors (Lipinski definition) is 4. The average molecular weight is 412 g/mol. The van der Waals surface area contributed by atoms with E-state index in [9.17, 15) is 13.2 Å². The van der Waals surface area contributed by atoms with Crippen molar-refractivity contribution in [1.29, 1.82) is 0 Å². The van der Waals surface area contributed by atoms with Gasteiger partial charge in [0.2, 0.25) is 10.0 Å². The van der Waals surface area contributed by atoms with Crippen LogP contribution in [0.1, 0.15) is 34.1 Å². The predicted molar refractivity (Wildman–Crippen MR) is 115 cm³/mol. The fourth-order valence-corrected chi connectivity index (χ4v) is 4.15. The van der Waals surface area contributed by atoms with E-state index in [1.54, 1.807) is 0 Å². The second-order valence-corrected chi connectivity index (χ2v) is 8.74. The Balaban J connectivity index is 1.67. The van der Waals surface area contributed by atoms with Gasteiger partial charge in [-0.25, -0.2) is 13.1 Å². The van der Waals surface area contributed by atoms with Gasteiger partial charge in [0.1, 0.15) is 0 Å². The molecule has 0 spiro atoms. The lowest BCUT2D eigenvalue weighted by Crippen LogP contribution is -2.34. The molecule has 0 aliphatic carbocycles. The van der Waals surface area contributed by atoms with Crippen molar-refractivity contribution in [1.82, 2.24) is 15.0 Å². The molecule has 29 heavy (non-hydrogen) atoms. The lowest BCUT2D eigenvalue weighted by molar-refractivity contribution is 0.0957. The Morgan fingerprint density at radius 2 is 1.72 bits per heavy atom. The summed E-state index contributed by atoms with van der Waals surface area (Å²) in [7, 11) is -3.50. The molecule has 7 heteroatoms. The lowest BCUT2D eigenvalue weighted by atomic mass is 9.99. The molecule has 0 aliphatic heterocycles. The first-order valence-corrected chi connectivity index (χ1v) is 11.2. The van der Waals surface area contributed by atoms with E-state index in [0.717, 1.165) is 27.7 Å². The number of fused-ring (bicyclic) bond motifs is 1. The van der Waals surface area contributed by atoms with Crippen molar-refractivity contribution in [2.75, 3.05) is 12.3 Å². The fourth-order valence-electron chi connectivity index (χ4n) is 3.24. The first-order chi connectivity index (χ1) is 13.9. The van der Waals surface area contributed by atoms with Gasteiger partial charge in [0.25, 0.3) is 5.91 Å². The number of pyridine rings is 1. The van der Waals surface area contributed by atoms with Crippen LogP contribution in [-0.2, 0) is 23.0 Å². The summed E-state index contributed by atoms with van der Waals surface area (Å²) in [5.74, 6) is -0.470. The summed E-state index contributed by atoms with van der Waals surface area (Å²) in [4.78, 5) is 17.5. The number of carbonyl (C=O) groups is 1. The molecule has 0 bridgehead atoms. The number of hydrogen-bond donors (Lipinski definition) is 2. The molecule has 1 amide bonds. The minimum absolute atomic E-state index is 0.0283. The van der Waals surface area contributed by atoms with Gasteiger partial charge in [-0.1, -0.05) is 55.5 Å². The lowest BCUT2D eigenvalue weighted by Gasteiger charge is -2.14. The molecule has 0 saturated heterocycles. The molecule has 0 fully saturated rings. The molecular weight excluding hydrogens is 386 g/mol. The molecule has 3 aromatic rings. The third kappa shape index (κ3) is 5.19. The van der Waals surface area contributed by atoms with Gasteiger partial charge in [-0.2, -0.15) is 0 Å². The highest BCUT2D eigenvalue weighted by Crippen LogP contribution is 2.23. The van der Waals surface area contributed by atoms with Crippen molar-refractivity contribution in [2.24, 2.45) is 0 Å². The zero-order valence-corrected chi connectivity index (χ0v) is 17.4. The molecular formula is C22H25N3O3S. The van der Waals surface area contributed by atoms with Crippen LogP contribution < -0.4 is 10.0 Å². The molecule has 6 nitrogen and oxygen atoms in total. The number of amides is 1. The van der Waals surface area contributed by atoms with Crippen LogP contribution in [0.4, 0.5) is 0 Å². The molecule has 152 valence electrons. The average Bonchev–Trinajstić information content (AvgIpc) is 2.72. The van der Waals surface area contributed by atoms with Crippen molar-refractivity contribution in [2.45, 2.75) is 26.8 Å². The molecule has 1 aromatic heterocycles. The number of aromatic nitrogens is 1. The Kier molecular flexibility index (Phi) is 6.61. The van der Waals surface area contributed by atoms with Crippen molar-refractivity contribution in [3.63, 3.8) is 0 Å². The number of carbonyl (C=O) groups excluding carboxylic acids is 1. The van der Waals surface area contributed by atoms with Crippen LogP contribution in [0.3, 0.4) is 0 Å². The van der Waals surface area contributed by atoms with Gasteiger partial charge in [-0.15, -0.1) is 0 Å². The summed E-state index contributed by atoms with van der Waals surface area (Å²) < 4.78 is 27.0. The van der Waals surface area contributed by atoms with Gasteiger partial charge in [0.05, 0.1) is 16.8 Å². The maximum atomic E-state index is 12.9. The maximum Gasteiger partial charge on any atom is 0.252 e. The number of para-hydroxylation sites is 1. The highest BCUT2D eigenvalue weighted by molar-refractivity contribution is 7.89. The SMILES string of the molecule is CCc1nc2ccccc2c(C(=O)NCCS(=O)(=O)NCc2ccccc2)c1C. The molecule has 2 aromatic carbocycles. The van der Waals surface area contributed by atoms with Crippen molar-refractivity contribution in [3.8, 4) is 0 Å². The summed E-state index contributed by atoms with van der Waals surface area (Å²) in [6, 6.07) is 16.8. The minimum atomic E-state index is -3.50. The largest absolute Gasteiger partial charge is 0.351 e. The Morgan fingerprint density at radius 3 is 2.45 bits per heavy atom. The van der Waals surface area contributed by atoms with E-state index in [-0.39, 0.29) is 24.7 Å². The number of benzene rings is 2. The Morgan fingerprint density at radius 1 is 1.03 bits per heavy atom. The normalized spacial score (nSPS) is 11.5. The van der Waals surface area contributed by atoms with Crippen molar-refractivity contribution in [3.05, 3.63) is 77.0 Å². The number of aryl methyl sites for hydroxylation is 1. The third-order valence-corrected chi connectivity index (χ3v) is 6.12. The van der Waals surface area contributed by atoms with Crippen LogP contribution in [0.25, 0.3) is 10.9 Å². The minimum Gasteiger partial charge on any atom is -0.351 e. The Hall–Kier alpha value is -2.77. The Bertz CT molecular complexity index is 1110. The molecule has 0 aliphatic rings. The van der Waals surface area contributed by atoms with Crippen LogP contribution in [0.2, 0.25) is 0 Å². The summed E-state index contributed by atoms with van der Waals surface area (Å²) in [5, 5.41) is 3.52. The topological polar surface area (TPSA) is 88.2 Å². The van der Waals surface area contributed by atoms with Crippen molar-refractivity contribution < 1.29 is 13.2 Å². The summed E-state index contributed by atoms with van der Waals surface area (Å²) in [6.45, 7) is 4.13. The summed E-state index contributed by atoms with van der Waals surface area (Å²) in [5.41, 5.74) is 3.89. The number of nitrogens with one attached hydrogen (secondary N) is 2. The number of sulfonamides is 1. The van der Waals surface area contributed by atoms with Crippen LogP contribution in [0.15, 0.2) is 54.6 Å². The van der Waals surface area contributed by atoms with Gasteiger partial charge in [0, 0.05) is 24.2 Å². The van der Waals surface area contributed by atoms with E-state index in [4.69, 9.17) is 0 Å². The van der Waals surface area contributed by atoms with Crippen LogP contribution in [-0.4, -0.2) is 31.6 Å².